The molecule has 1 fully saturated rings. The van der Waals surface area contributed by atoms with Crippen LogP contribution in [0.4, 0.5) is 5.69 Å². The zero-order chi connectivity index (χ0) is 23.2. The van der Waals surface area contributed by atoms with Gasteiger partial charge in [0, 0.05) is 27.1 Å². The summed E-state index contributed by atoms with van der Waals surface area (Å²) in [7, 11) is 0. The molecule has 162 valence electrons. The number of anilines is 1. The Kier molecular flexibility index (Phi) is 5.95. The van der Waals surface area contributed by atoms with Crippen LogP contribution in [-0.4, -0.2) is 21.5 Å². The molecular weight excluding hydrogens is 465 g/mol. The summed E-state index contributed by atoms with van der Waals surface area (Å²) >= 11 is 17.7. The third-order valence-electron chi connectivity index (χ3n) is 5.42. The molecule has 32 heavy (non-hydrogen) atoms. The molecule has 4 rings (SSSR count). The lowest BCUT2D eigenvalue weighted by molar-refractivity contribution is -0.122. The molecule has 0 saturated carbocycles. The van der Waals surface area contributed by atoms with Gasteiger partial charge in [0.1, 0.15) is 5.57 Å². The Morgan fingerprint density at radius 1 is 1.00 bits per heavy atom. The normalized spacial score (nSPS) is 15.5. The van der Waals surface area contributed by atoms with Crippen LogP contribution in [0.25, 0.3) is 11.8 Å². The van der Waals surface area contributed by atoms with Gasteiger partial charge in [0.15, 0.2) is 5.11 Å². The first-order valence-electron chi connectivity index (χ1n) is 9.80. The average Bonchev–Trinajstić information content (AvgIpc) is 3.01. The number of aryl methyl sites for hydroxylation is 1. The third-order valence-corrected chi connectivity index (χ3v) is 6.35. The maximum Gasteiger partial charge on any atom is 0.270 e. The van der Waals surface area contributed by atoms with E-state index < -0.39 is 11.8 Å². The zero-order valence-electron chi connectivity index (χ0n) is 17.6. The van der Waals surface area contributed by atoms with Crippen molar-refractivity contribution in [1.29, 1.82) is 0 Å². The van der Waals surface area contributed by atoms with E-state index >= 15 is 0 Å². The molecule has 0 bridgehead atoms. The number of halogens is 2. The molecule has 3 aromatic rings. The Bertz CT molecular complexity index is 1330. The molecule has 0 aliphatic carbocycles. The molecule has 0 atom stereocenters. The van der Waals surface area contributed by atoms with E-state index in [4.69, 9.17) is 35.4 Å². The van der Waals surface area contributed by atoms with Crippen LogP contribution < -0.4 is 10.2 Å². The van der Waals surface area contributed by atoms with Crippen molar-refractivity contribution in [1.82, 2.24) is 9.88 Å². The smallest absolute Gasteiger partial charge is 0.270 e. The van der Waals surface area contributed by atoms with Crippen LogP contribution in [0, 0.1) is 20.8 Å². The summed E-state index contributed by atoms with van der Waals surface area (Å²) in [6.07, 6.45) is 1.59. The molecule has 1 aliphatic heterocycles. The highest BCUT2D eigenvalue weighted by molar-refractivity contribution is 7.80. The predicted octanol–water partition coefficient (Wildman–Crippen LogP) is 5.54. The van der Waals surface area contributed by atoms with Crippen molar-refractivity contribution in [3.8, 4) is 5.69 Å². The lowest BCUT2D eigenvalue weighted by Crippen LogP contribution is -2.54. The van der Waals surface area contributed by atoms with Gasteiger partial charge in [0.2, 0.25) is 0 Å². The van der Waals surface area contributed by atoms with Crippen molar-refractivity contribution < 1.29 is 9.59 Å². The molecule has 0 radical (unpaired) electrons. The third kappa shape index (κ3) is 3.86. The van der Waals surface area contributed by atoms with Gasteiger partial charge >= 0.3 is 0 Å². The van der Waals surface area contributed by atoms with Crippen molar-refractivity contribution in [2.75, 3.05) is 4.90 Å². The number of benzene rings is 2. The van der Waals surface area contributed by atoms with Crippen molar-refractivity contribution in [2.24, 2.45) is 0 Å². The molecule has 1 aromatic heterocycles. The van der Waals surface area contributed by atoms with Gasteiger partial charge in [-0.3, -0.25) is 19.8 Å². The maximum absolute atomic E-state index is 13.4. The first kappa shape index (κ1) is 22.3. The fourth-order valence-corrected chi connectivity index (χ4v) is 4.44. The van der Waals surface area contributed by atoms with E-state index in [-0.39, 0.29) is 10.7 Å². The number of rotatable bonds is 3. The van der Waals surface area contributed by atoms with Crippen LogP contribution in [0.3, 0.4) is 0 Å². The Morgan fingerprint density at radius 2 is 1.72 bits per heavy atom. The second kappa shape index (κ2) is 8.54. The van der Waals surface area contributed by atoms with Gasteiger partial charge in [0.05, 0.1) is 5.69 Å². The van der Waals surface area contributed by atoms with Crippen molar-refractivity contribution in [3.63, 3.8) is 0 Å². The summed E-state index contributed by atoms with van der Waals surface area (Å²) in [5.74, 6) is -1.04. The van der Waals surface area contributed by atoms with Crippen molar-refractivity contribution in [2.45, 2.75) is 20.8 Å². The molecule has 0 unspecified atom stereocenters. The van der Waals surface area contributed by atoms with Crippen LogP contribution in [0.5, 0.6) is 0 Å². The first-order valence-corrected chi connectivity index (χ1v) is 11.0. The molecule has 0 spiro atoms. The number of aromatic nitrogens is 1. The number of nitrogens with zero attached hydrogens (tertiary/aromatic N) is 2. The maximum atomic E-state index is 13.4. The summed E-state index contributed by atoms with van der Waals surface area (Å²) in [6.45, 7) is 5.68. The summed E-state index contributed by atoms with van der Waals surface area (Å²) < 4.78 is 2.02. The number of carbonyl (C=O) groups excluding carboxylic acids is 2. The predicted molar refractivity (Wildman–Crippen MR) is 133 cm³/mol. The van der Waals surface area contributed by atoms with Gasteiger partial charge in [-0.05, 0) is 86.6 Å². The average molecular weight is 484 g/mol. The summed E-state index contributed by atoms with van der Waals surface area (Å²) in [5, 5.41) is 3.77. The minimum absolute atomic E-state index is 0.00989. The second-order valence-electron chi connectivity index (χ2n) is 7.48. The van der Waals surface area contributed by atoms with E-state index in [1.807, 2.05) is 48.7 Å². The van der Waals surface area contributed by atoms with E-state index in [0.717, 1.165) is 22.6 Å². The summed E-state index contributed by atoms with van der Waals surface area (Å²) in [4.78, 5) is 27.4. The van der Waals surface area contributed by atoms with Gasteiger partial charge in [-0.1, -0.05) is 35.3 Å². The quantitative estimate of drug-likeness (QED) is 0.302. The van der Waals surface area contributed by atoms with Gasteiger partial charge < -0.3 is 4.57 Å². The highest BCUT2D eigenvalue weighted by Gasteiger charge is 2.35. The Hall–Kier alpha value is -2.93. The van der Waals surface area contributed by atoms with Crippen LogP contribution in [0.2, 0.25) is 10.0 Å². The fourth-order valence-electron chi connectivity index (χ4n) is 3.82. The molecule has 1 aliphatic rings. The van der Waals surface area contributed by atoms with E-state index in [1.165, 1.54) is 4.90 Å². The van der Waals surface area contributed by atoms with Gasteiger partial charge in [-0.2, -0.15) is 0 Å². The van der Waals surface area contributed by atoms with E-state index in [9.17, 15) is 9.59 Å². The number of thiocarbonyl (C=S) groups is 1. The van der Waals surface area contributed by atoms with Crippen LogP contribution in [0.15, 0.2) is 54.1 Å². The molecular formula is C24H19Cl2N3O2S. The lowest BCUT2D eigenvalue weighted by Gasteiger charge is -2.30. The molecule has 1 N–H and O–H groups in total. The topological polar surface area (TPSA) is 54.3 Å². The highest BCUT2D eigenvalue weighted by Crippen LogP contribution is 2.30. The van der Waals surface area contributed by atoms with Crippen molar-refractivity contribution in [3.05, 3.63) is 86.7 Å². The van der Waals surface area contributed by atoms with Crippen LogP contribution in [0.1, 0.15) is 22.5 Å². The van der Waals surface area contributed by atoms with Crippen molar-refractivity contribution >= 4 is 64.1 Å². The van der Waals surface area contributed by atoms with Crippen LogP contribution in [-0.2, 0) is 9.59 Å². The number of hydrogen-bond acceptors (Lipinski definition) is 3. The lowest BCUT2D eigenvalue weighted by atomic mass is 10.1. The Labute approximate surface area is 201 Å². The molecule has 8 heteroatoms. The Morgan fingerprint density at radius 3 is 2.44 bits per heavy atom. The minimum Gasteiger partial charge on any atom is -0.318 e. The van der Waals surface area contributed by atoms with Gasteiger partial charge in [-0.15, -0.1) is 0 Å². The Balaban J connectivity index is 1.79. The second-order valence-corrected chi connectivity index (χ2v) is 8.71. The fraction of sp³-hybridized carbons (Fsp3) is 0.125. The van der Waals surface area contributed by atoms with Gasteiger partial charge in [0.25, 0.3) is 11.8 Å². The highest BCUT2D eigenvalue weighted by atomic mass is 35.5. The van der Waals surface area contributed by atoms with E-state index in [0.29, 0.717) is 21.3 Å². The molecule has 5 nitrogen and oxygen atoms in total. The molecule has 2 aromatic carbocycles. The van der Waals surface area contributed by atoms with Gasteiger partial charge in [-0.25, -0.2) is 0 Å². The minimum atomic E-state index is -0.538. The van der Waals surface area contributed by atoms with E-state index in [2.05, 4.69) is 5.32 Å². The largest absolute Gasteiger partial charge is 0.318 e. The summed E-state index contributed by atoms with van der Waals surface area (Å²) in [5.41, 5.74) is 4.67. The molecule has 2 heterocycles. The van der Waals surface area contributed by atoms with E-state index in [1.54, 1.807) is 31.2 Å². The molecule has 1 saturated heterocycles. The number of amides is 2. The van der Waals surface area contributed by atoms with Crippen LogP contribution >= 0.6 is 35.4 Å². The standard InChI is InChI=1S/C24H19Cl2N3O2S/c1-13-10-16(15(3)28(13)18-7-4-6-17(25)12-18)11-19-22(30)27-24(32)29(23(19)31)21-9-5-8-20(26)14(21)2/h4-12H,1-3H3,(H,27,30,32)/b19-11+. The number of hydrogen-bond donors (Lipinski definition) is 1. The SMILES string of the molecule is Cc1c(Cl)cccc1N1C(=O)/C(=C/c2cc(C)n(-c3cccc(Cl)c3)c2C)C(=O)NC1=S. The number of carbonyl (C=O) groups is 2. The first-order chi connectivity index (χ1) is 15.2. The monoisotopic (exact) mass is 483 g/mol. The zero-order valence-corrected chi connectivity index (χ0v) is 19.9. The summed E-state index contributed by atoms with van der Waals surface area (Å²) in [6, 6.07) is 14.6. The molecule has 2 amide bonds. The number of nitrogens with one attached hydrogen (secondary N) is 1.